The molecule has 0 unspecified atom stereocenters. The quantitative estimate of drug-likeness (QED) is 0.689. The number of ether oxygens (including phenoxy) is 1. The molecule has 96 valence electrons. The molecule has 5 nitrogen and oxygen atoms in total. The molecule has 0 aliphatic rings. The normalized spacial score (nSPS) is 10.8. The Morgan fingerprint density at radius 2 is 2.05 bits per heavy atom. The van der Waals surface area contributed by atoms with Crippen LogP contribution in [0.15, 0.2) is 36.4 Å². The summed E-state index contributed by atoms with van der Waals surface area (Å²) in [6, 6.07) is 11.6. The third-order valence-corrected chi connectivity index (χ3v) is 2.95. The van der Waals surface area contributed by atoms with E-state index in [-0.39, 0.29) is 0 Å². The standard InChI is InChI=1S/C13H11ClN4O/c1-18-10-7-11(14)15-13(12(10)16-17-18)19-8-9-5-3-2-4-6-9/h2-7H,8H2,1H3. The number of aryl methyl sites for hydroxylation is 1. The van der Waals surface area contributed by atoms with E-state index in [0.717, 1.165) is 11.1 Å². The van der Waals surface area contributed by atoms with E-state index in [0.29, 0.717) is 23.2 Å². The van der Waals surface area contributed by atoms with Crippen molar-refractivity contribution in [3.63, 3.8) is 0 Å². The summed E-state index contributed by atoms with van der Waals surface area (Å²) in [5, 5.41) is 8.34. The van der Waals surface area contributed by atoms with Gasteiger partial charge in [-0.3, -0.25) is 0 Å². The molecule has 0 radical (unpaired) electrons. The fourth-order valence-electron chi connectivity index (χ4n) is 1.80. The minimum atomic E-state index is 0.362. The average molecular weight is 275 g/mol. The van der Waals surface area contributed by atoms with Crippen LogP contribution < -0.4 is 4.74 Å². The zero-order valence-corrected chi connectivity index (χ0v) is 11.0. The summed E-state index contributed by atoms with van der Waals surface area (Å²) in [5.41, 5.74) is 2.47. The molecule has 0 aliphatic heterocycles. The predicted molar refractivity (Wildman–Crippen MR) is 72.1 cm³/mol. The van der Waals surface area contributed by atoms with Crippen LogP contribution in [0.5, 0.6) is 5.88 Å². The molecule has 3 aromatic rings. The van der Waals surface area contributed by atoms with E-state index in [4.69, 9.17) is 16.3 Å². The van der Waals surface area contributed by atoms with Crippen molar-refractivity contribution in [2.75, 3.05) is 0 Å². The Balaban J connectivity index is 1.92. The summed E-state index contributed by atoms with van der Waals surface area (Å²) < 4.78 is 7.33. The summed E-state index contributed by atoms with van der Waals surface area (Å²) in [6.07, 6.45) is 0. The molecule has 0 saturated heterocycles. The van der Waals surface area contributed by atoms with Gasteiger partial charge in [-0.1, -0.05) is 47.1 Å². The van der Waals surface area contributed by atoms with Gasteiger partial charge in [0.05, 0.1) is 5.52 Å². The lowest BCUT2D eigenvalue weighted by Crippen LogP contribution is -1.98. The van der Waals surface area contributed by atoms with Crippen molar-refractivity contribution in [2.45, 2.75) is 6.61 Å². The molecule has 0 N–H and O–H groups in total. The summed E-state index contributed by atoms with van der Waals surface area (Å²) in [5.74, 6) is 0.402. The first-order valence-corrected chi connectivity index (χ1v) is 6.14. The lowest BCUT2D eigenvalue weighted by Gasteiger charge is -2.06. The van der Waals surface area contributed by atoms with Crippen LogP contribution in [0, 0.1) is 0 Å². The molecule has 1 aromatic carbocycles. The second-order valence-electron chi connectivity index (χ2n) is 4.11. The SMILES string of the molecule is Cn1nnc2c(OCc3ccccc3)nc(Cl)cc21. The largest absolute Gasteiger partial charge is 0.471 e. The van der Waals surface area contributed by atoms with Crippen LogP contribution in [-0.2, 0) is 13.7 Å². The molecule has 0 atom stereocenters. The number of hydrogen-bond acceptors (Lipinski definition) is 4. The van der Waals surface area contributed by atoms with E-state index in [1.54, 1.807) is 17.8 Å². The number of hydrogen-bond donors (Lipinski definition) is 0. The number of pyridine rings is 1. The van der Waals surface area contributed by atoms with Crippen molar-refractivity contribution < 1.29 is 4.74 Å². The Morgan fingerprint density at radius 1 is 1.26 bits per heavy atom. The molecule has 0 spiro atoms. The van der Waals surface area contributed by atoms with E-state index >= 15 is 0 Å². The molecule has 6 heteroatoms. The molecule has 2 aromatic heterocycles. The molecular formula is C13H11ClN4O. The maximum Gasteiger partial charge on any atom is 0.246 e. The molecule has 0 amide bonds. The lowest BCUT2D eigenvalue weighted by molar-refractivity contribution is 0.297. The summed E-state index contributed by atoms with van der Waals surface area (Å²) in [4.78, 5) is 4.16. The summed E-state index contributed by atoms with van der Waals surface area (Å²) in [6.45, 7) is 0.417. The van der Waals surface area contributed by atoms with Gasteiger partial charge in [0.15, 0.2) is 5.52 Å². The summed E-state index contributed by atoms with van der Waals surface area (Å²) in [7, 11) is 1.80. The number of aromatic nitrogens is 4. The Morgan fingerprint density at radius 3 is 2.84 bits per heavy atom. The van der Waals surface area contributed by atoms with Gasteiger partial charge in [0.1, 0.15) is 11.8 Å². The van der Waals surface area contributed by atoms with E-state index in [1.165, 1.54) is 0 Å². The van der Waals surface area contributed by atoms with E-state index in [1.807, 2.05) is 30.3 Å². The van der Waals surface area contributed by atoms with E-state index < -0.39 is 0 Å². The summed E-state index contributed by atoms with van der Waals surface area (Å²) >= 11 is 5.97. The lowest BCUT2D eigenvalue weighted by atomic mass is 10.2. The van der Waals surface area contributed by atoms with Crippen molar-refractivity contribution in [1.82, 2.24) is 20.0 Å². The van der Waals surface area contributed by atoms with Crippen molar-refractivity contribution in [2.24, 2.45) is 7.05 Å². The monoisotopic (exact) mass is 274 g/mol. The van der Waals surface area contributed by atoms with Crippen LogP contribution >= 0.6 is 11.6 Å². The average Bonchev–Trinajstić information content (AvgIpc) is 2.79. The number of rotatable bonds is 3. The number of halogens is 1. The number of nitrogens with zero attached hydrogens (tertiary/aromatic N) is 4. The van der Waals surface area contributed by atoms with Crippen LogP contribution in [-0.4, -0.2) is 20.0 Å². The second-order valence-corrected chi connectivity index (χ2v) is 4.49. The minimum Gasteiger partial charge on any atom is -0.471 e. The highest BCUT2D eigenvalue weighted by Crippen LogP contribution is 2.24. The highest BCUT2D eigenvalue weighted by Gasteiger charge is 2.12. The van der Waals surface area contributed by atoms with Crippen LogP contribution in [0.25, 0.3) is 11.0 Å². The smallest absolute Gasteiger partial charge is 0.246 e. The third kappa shape index (κ3) is 2.37. The van der Waals surface area contributed by atoms with Crippen LogP contribution in [0.2, 0.25) is 5.15 Å². The highest BCUT2D eigenvalue weighted by molar-refractivity contribution is 6.30. The molecule has 2 heterocycles. The third-order valence-electron chi connectivity index (χ3n) is 2.76. The Hall–Kier alpha value is -2.14. The van der Waals surface area contributed by atoms with Gasteiger partial charge >= 0.3 is 0 Å². The second kappa shape index (κ2) is 4.85. The fourth-order valence-corrected chi connectivity index (χ4v) is 1.98. The Kier molecular flexibility index (Phi) is 3.05. The molecule has 0 bridgehead atoms. The molecule has 0 aliphatic carbocycles. The highest BCUT2D eigenvalue weighted by atomic mass is 35.5. The van der Waals surface area contributed by atoms with Gasteiger partial charge in [0.2, 0.25) is 5.88 Å². The minimum absolute atomic E-state index is 0.362. The first kappa shape index (κ1) is 11.9. The molecule has 0 saturated carbocycles. The van der Waals surface area contributed by atoms with Gasteiger partial charge in [-0.05, 0) is 5.56 Å². The van der Waals surface area contributed by atoms with Gasteiger partial charge in [-0.25, -0.2) is 4.68 Å². The zero-order chi connectivity index (χ0) is 13.2. The molecule has 3 rings (SSSR count). The van der Waals surface area contributed by atoms with E-state index in [9.17, 15) is 0 Å². The van der Waals surface area contributed by atoms with Crippen molar-refractivity contribution in [3.8, 4) is 5.88 Å². The van der Waals surface area contributed by atoms with Crippen molar-refractivity contribution >= 4 is 22.6 Å². The fraction of sp³-hybridized carbons (Fsp3) is 0.154. The number of benzene rings is 1. The maximum absolute atomic E-state index is 5.97. The van der Waals surface area contributed by atoms with Crippen molar-refractivity contribution in [1.29, 1.82) is 0 Å². The predicted octanol–water partition coefficient (Wildman–Crippen LogP) is 2.60. The number of fused-ring (bicyclic) bond motifs is 1. The molecule has 0 fully saturated rings. The first-order valence-electron chi connectivity index (χ1n) is 5.77. The first-order chi connectivity index (χ1) is 9.24. The van der Waals surface area contributed by atoms with Crippen molar-refractivity contribution in [3.05, 3.63) is 47.1 Å². The Bertz CT molecular complexity index is 711. The van der Waals surface area contributed by atoms with Crippen LogP contribution in [0.4, 0.5) is 0 Å². The van der Waals surface area contributed by atoms with Gasteiger partial charge in [0, 0.05) is 13.1 Å². The van der Waals surface area contributed by atoms with Crippen LogP contribution in [0.1, 0.15) is 5.56 Å². The maximum atomic E-state index is 5.97. The van der Waals surface area contributed by atoms with Gasteiger partial charge in [0.25, 0.3) is 0 Å². The van der Waals surface area contributed by atoms with Gasteiger partial charge in [-0.15, -0.1) is 5.10 Å². The topological polar surface area (TPSA) is 52.8 Å². The Labute approximate surface area is 114 Å². The van der Waals surface area contributed by atoms with Gasteiger partial charge < -0.3 is 4.74 Å². The molecular weight excluding hydrogens is 264 g/mol. The zero-order valence-electron chi connectivity index (χ0n) is 10.2. The van der Waals surface area contributed by atoms with Gasteiger partial charge in [-0.2, -0.15) is 4.98 Å². The van der Waals surface area contributed by atoms with E-state index in [2.05, 4.69) is 15.3 Å². The van der Waals surface area contributed by atoms with Crippen LogP contribution in [0.3, 0.4) is 0 Å². The molecule has 19 heavy (non-hydrogen) atoms.